The topological polar surface area (TPSA) is 112 Å². The van der Waals surface area contributed by atoms with E-state index < -0.39 is 55.9 Å². The highest BCUT2D eigenvalue weighted by Crippen LogP contribution is 2.36. The first-order valence-electron chi connectivity index (χ1n) is 7.34. The lowest BCUT2D eigenvalue weighted by Crippen LogP contribution is -2.22. The lowest BCUT2D eigenvalue weighted by Gasteiger charge is -2.14. The summed E-state index contributed by atoms with van der Waals surface area (Å²) in [4.78, 5) is 34.4. The Morgan fingerprint density at radius 2 is 2.00 bits per heavy atom. The molecule has 8 nitrogen and oxygen atoms in total. The van der Waals surface area contributed by atoms with Crippen molar-refractivity contribution in [1.29, 1.82) is 0 Å². The molecule has 134 valence electrons. The molecule has 1 N–H and O–H groups in total. The van der Waals surface area contributed by atoms with Gasteiger partial charge in [0, 0.05) is 12.7 Å². The number of ether oxygens (including phenoxy) is 1. The van der Waals surface area contributed by atoms with Crippen molar-refractivity contribution in [1.82, 2.24) is 4.57 Å². The molecule has 1 heterocycles. The summed E-state index contributed by atoms with van der Waals surface area (Å²) in [5.74, 6) is -6.11. The fourth-order valence-corrected chi connectivity index (χ4v) is 2.50. The Kier molecular flexibility index (Phi) is 5.00. The Hall–Kier alpha value is -3.04. The number of nitro benzene ring substituents is 1. The van der Waals surface area contributed by atoms with Crippen LogP contribution in [0, 0.1) is 21.7 Å². The molecular weight excluding hydrogens is 342 g/mol. The van der Waals surface area contributed by atoms with Crippen LogP contribution in [0.4, 0.5) is 14.5 Å². The Morgan fingerprint density at radius 3 is 2.52 bits per heavy atom. The van der Waals surface area contributed by atoms with Gasteiger partial charge in [0.05, 0.1) is 11.5 Å². The van der Waals surface area contributed by atoms with Gasteiger partial charge in [-0.3, -0.25) is 14.9 Å². The zero-order valence-corrected chi connectivity index (χ0v) is 13.3. The number of carbonyl (C=O) groups is 1. The van der Waals surface area contributed by atoms with Gasteiger partial charge in [-0.1, -0.05) is 6.92 Å². The van der Waals surface area contributed by atoms with E-state index in [0.29, 0.717) is 6.42 Å². The van der Waals surface area contributed by atoms with Crippen molar-refractivity contribution in [3.8, 4) is 5.75 Å². The average molecular weight is 356 g/mol. The number of fused-ring (bicyclic) bond motifs is 1. The number of halogens is 2. The van der Waals surface area contributed by atoms with E-state index >= 15 is 0 Å². The number of nitro groups is 1. The molecule has 25 heavy (non-hydrogen) atoms. The van der Waals surface area contributed by atoms with Crippen LogP contribution >= 0.6 is 0 Å². The highest BCUT2D eigenvalue weighted by molar-refractivity contribution is 5.99. The number of phenolic OH excluding ortho intramolecular Hbond substituents is 1. The van der Waals surface area contributed by atoms with Crippen molar-refractivity contribution < 1.29 is 28.3 Å². The molecule has 0 spiro atoms. The number of pyridine rings is 1. The maximum Gasteiger partial charge on any atom is 0.343 e. The maximum atomic E-state index is 14.0. The Labute approximate surface area is 139 Å². The SMILES string of the molecule is CCCn1cc(C(=O)OCC)c(=O)c2c([N+](=O)[O-])c(F)c(F)c(O)c21. The van der Waals surface area contributed by atoms with E-state index in [1.807, 2.05) is 0 Å². The third kappa shape index (κ3) is 2.90. The average Bonchev–Trinajstić information content (AvgIpc) is 2.55. The quantitative estimate of drug-likeness (QED) is 0.500. The van der Waals surface area contributed by atoms with Crippen LogP contribution in [0.25, 0.3) is 10.9 Å². The lowest BCUT2D eigenvalue weighted by atomic mass is 10.1. The molecule has 0 aliphatic rings. The molecule has 0 amide bonds. The van der Waals surface area contributed by atoms with Gasteiger partial charge < -0.3 is 14.4 Å². The Bertz CT molecular complexity index is 938. The zero-order valence-electron chi connectivity index (χ0n) is 13.3. The molecular formula is C15H14F2N2O6. The summed E-state index contributed by atoms with van der Waals surface area (Å²) in [6, 6.07) is 0. The van der Waals surface area contributed by atoms with E-state index in [9.17, 15) is 33.6 Å². The summed E-state index contributed by atoms with van der Waals surface area (Å²) in [5.41, 5.74) is -3.78. The van der Waals surface area contributed by atoms with Crippen LogP contribution in [0.15, 0.2) is 11.0 Å². The second kappa shape index (κ2) is 6.83. The highest BCUT2D eigenvalue weighted by atomic mass is 19.2. The minimum atomic E-state index is -1.98. The third-order valence-electron chi connectivity index (χ3n) is 3.49. The van der Waals surface area contributed by atoms with E-state index in [4.69, 9.17) is 4.74 Å². The van der Waals surface area contributed by atoms with Crippen LogP contribution in [0.5, 0.6) is 5.75 Å². The number of rotatable bonds is 5. The minimum absolute atomic E-state index is 0.0603. The van der Waals surface area contributed by atoms with Crippen LogP contribution < -0.4 is 5.43 Å². The number of nitrogens with zero attached hydrogens (tertiary/aromatic N) is 2. The molecule has 0 saturated carbocycles. The number of benzene rings is 1. The van der Waals surface area contributed by atoms with Crippen molar-refractivity contribution in [2.45, 2.75) is 26.8 Å². The fraction of sp³-hybridized carbons (Fsp3) is 0.333. The van der Waals surface area contributed by atoms with Gasteiger partial charge in [-0.25, -0.2) is 4.79 Å². The highest BCUT2D eigenvalue weighted by Gasteiger charge is 2.33. The van der Waals surface area contributed by atoms with Crippen LogP contribution in [0.1, 0.15) is 30.6 Å². The van der Waals surface area contributed by atoms with Crippen LogP contribution in [0.2, 0.25) is 0 Å². The number of phenols is 1. The molecule has 0 saturated heterocycles. The molecule has 0 atom stereocenters. The van der Waals surface area contributed by atoms with Gasteiger partial charge >= 0.3 is 11.7 Å². The fourth-order valence-electron chi connectivity index (χ4n) is 2.50. The first-order chi connectivity index (χ1) is 11.8. The van der Waals surface area contributed by atoms with Crippen molar-refractivity contribution in [3.63, 3.8) is 0 Å². The van der Waals surface area contributed by atoms with Crippen molar-refractivity contribution in [3.05, 3.63) is 43.7 Å². The maximum absolute atomic E-state index is 14.0. The molecule has 2 aromatic rings. The monoisotopic (exact) mass is 356 g/mol. The van der Waals surface area contributed by atoms with Gasteiger partial charge in [0.15, 0.2) is 5.75 Å². The van der Waals surface area contributed by atoms with E-state index in [1.54, 1.807) is 6.92 Å². The number of hydrogen-bond donors (Lipinski definition) is 1. The second-order valence-electron chi connectivity index (χ2n) is 5.09. The third-order valence-corrected chi connectivity index (χ3v) is 3.49. The minimum Gasteiger partial charge on any atom is -0.503 e. The van der Waals surface area contributed by atoms with E-state index in [0.717, 1.165) is 10.8 Å². The molecule has 1 aromatic carbocycles. The van der Waals surface area contributed by atoms with Gasteiger partial charge in [-0.15, -0.1) is 0 Å². The zero-order chi connectivity index (χ0) is 18.9. The van der Waals surface area contributed by atoms with Gasteiger partial charge in [-0.2, -0.15) is 8.78 Å². The van der Waals surface area contributed by atoms with Crippen LogP contribution in [0.3, 0.4) is 0 Å². The summed E-state index contributed by atoms with van der Waals surface area (Å²) < 4.78 is 33.7. The predicted molar refractivity (Wildman–Crippen MR) is 82.7 cm³/mol. The van der Waals surface area contributed by atoms with E-state index in [1.165, 1.54) is 6.92 Å². The Balaban J connectivity index is 3.10. The number of aromatic hydroxyl groups is 1. The number of carbonyl (C=O) groups excluding carboxylic acids is 1. The smallest absolute Gasteiger partial charge is 0.343 e. The molecule has 0 bridgehead atoms. The number of aryl methyl sites for hydroxylation is 1. The van der Waals surface area contributed by atoms with E-state index in [2.05, 4.69) is 0 Å². The molecule has 0 radical (unpaired) electrons. The van der Waals surface area contributed by atoms with Crippen molar-refractivity contribution in [2.24, 2.45) is 0 Å². The Morgan fingerprint density at radius 1 is 1.36 bits per heavy atom. The molecule has 0 aliphatic heterocycles. The number of hydrogen-bond acceptors (Lipinski definition) is 6. The summed E-state index contributed by atoms with van der Waals surface area (Å²) in [6.45, 7) is 3.22. The summed E-state index contributed by atoms with van der Waals surface area (Å²) in [5, 5.41) is 20.2. The standard InChI is InChI=1S/C15H14F2N2O6/c1-3-5-18-6-7(15(22)25-4-2)13(20)8-11(19(23)24)9(16)10(17)14(21)12(8)18/h6,21H,3-5H2,1-2H3. The molecule has 0 fully saturated rings. The van der Waals surface area contributed by atoms with E-state index in [-0.39, 0.29) is 13.2 Å². The summed E-state index contributed by atoms with van der Waals surface area (Å²) >= 11 is 0. The van der Waals surface area contributed by atoms with Gasteiger partial charge in [0.25, 0.3) is 0 Å². The normalized spacial score (nSPS) is 10.9. The van der Waals surface area contributed by atoms with Crippen molar-refractivity contribution in [2.75, 3.05) is 6.61 Å². The van der Waals surface area contributed by atoms with Gasteiger partial charge in [-0.05, 0) is 13.3 Å². The molecule has 1 aromatic heterocycles. The first-order valence-corrected chi connectivity index (χ1v) is 7.34. The predicted octanol–water partition coefficient (Wildman–Crippen LogP) is 2.48. The largest absolute Gasteiger partial charge is 0.503 e. The first kappa shape index (κ1) is 18.3. The molecule has 10 heteroatoms. The van der Waals surface area contributed by atoms with Gasteiger partial charge in [0.2, 0.25) is 17.1 Å². The van der Waals surface area contributed by atoms with Crippen LogP contribution in [-0.4, -0.2) is 27.2 Å². The van der Waals surface area contributed by atoms with Crippen LogP contribution in [-0.2, 0) is 11.3 Å². The number of aromatic nitrogens is 1. The number of esters is 1. The lowest BCUT2D eigenvalue weighted by molar-refractivity contribution is -0.386. The second-order valence-corrected chi connectivity index (χ2v) is 5.09. The molecule has 0 aliphatic carbocycles. The van der Waals surface area contributed by atoms with Gasteiger partial charge in [0.1, 0.15) is 16.5 Å². The molecule has 0 unspecified atom stereocenters. The van der Waals surface area contributed by atoms with Crippen molar-refractivity contribution >= 4 is 22.6 Å². The molecule has 2 rings (SSSR count). The summed E-state index contributed by atoms with van der Waals surface area (Å²) in [6.07, 6.45) is 1.43. The summed E-state index contributed by atoms with van der Waals surface area (Å²) in [7, 11) is 0.